The lowest BCUT2D eigenvalue weighted by atomic mass is 10.1. The number of carbonyl (C=O) groups is 2. The van der Waals surface area contributed by atoms with Crippen LogP contribution in [0.2, 0.25) is 0 Å². The van der Waals surface area contributed by atoms with Crippen molar-refractivity contribution in [3.8, 4) is 0 Å². The molecule has 12 heteroatoms. The highest BCUT2D eigenvalue weighted by atomic mass is 35.5. The molecule has 2 saturated heterocycles. The highest BCUT2D eigenvalue weighted by Gasteiger charge is 2.50. The lowest BCUT2D eigenvalue weighted by Crippen LogP contribution is -2.69. The van der Waals surface area contributed by atoms with Gasteiger partial charge in [0, 0.05) is 42.0 Å². The molecule has 290 valence electrons. The minimum Gasteiger partial charge on any atom is -0.338 e. The highest BCUT2D eigenvalue weighted by molar-refractivity contribution is 7.89. The van der Waals surface area contributed by atoms with Crippen LogP contribution in [0.4, 0.5) is 0 Å². The van der Waals surface area contributed by atoms with Gasteiger partial charge in [0.15, 0.2) is 0 Å². The number of hydrogen-bond acceptors (Lipinski definition) is 5. The Morgan fingerprint density at radius 3 is 2.02 bits per heavy atom. The fraction of sp³-hybridized carbons (Fsp3) is 0.632. The zero-order valence-electron chi connectivity index (χ0n) is 32.4. The topological polar surface area (TPSA) is 90.0 Å². The van der Waals surface area contributed by atoms with Gasteiger partial charge < -0.3 is 15.1 Å². The van der Waals surface area contributed by atoms with Crippen LogP contribution in [-0.2, 0) is 19.6 Å². The summed E-state index contributed by atoms with van der Waals surface area (Å²) in [5.41, 5.74) is 0. The summed E-state index contributed by atoms with van der Waals surface area (Å²) in [5, 5.41) is 4.55. The van der Waals surface area contributed by atoms with Gasteiger partial charge in [0.2, 0.25) is 21.8 Å². The quantitative estimate of drug-likeness (QED) is 0.121. The molecule has 2 amide bonds. The Morgan fingerprint density at radius 1 is 0.980 bits per heavy atom. The third-order valence-corrected chi connectivity index (χ3v) is 9.77. The fourth-order valence-corrected chi connectivity index (χ4v) is 6.73. The molecule has 3 unspecified atom stereocenters. The predicted molar refractivity (Wildman–Crippen MR) is 219 cm³/mol. The van der Waals surface area contributed by atoms with Gasteiger partial charge >= 0.3 is 0 Å². The molecule has 2 aliphatic heterocycles. The van der Waals surface area contributed by atoms with Gasteiger partial charge in [0.25, 0.3) is 0 Å². The van der Waals surface area contributed by atoms with Crippen LogP contribution in [0.15, 0.2) is 72.3 Å². The standard InChI is InChI=1S/C23H37ClN4O4S.C8H11Cl.2C2H6.C2H4.CH3Cl/c1-5-7-19(24)8-6-13-33(31,32)27-15-20(25-14-18-9-10-18)23(30)28-17(4)22(29)26(16(2)3)12-11-21(27)28;1-3-5-6-7-8(9)4-2;4*1-2/h6-8,16-18,20-21,25H,5,9-15H2,1-4H3;3-4,6-7H,1,5H2,2H3;2*1-2H3;1-2H2;1H3/b8-6-,19-7+;7-6?,8-4+;;;;. The number of halogens is 3. The smallest absolute Gasteiger partial charge is 0.245 e. The number of sulfonamides is 1. The van der Waals surface area contributed by atoms with Crippen LogP contribution in [0, 0.1) is 5.92 Å². The summed E-state index contributed by atoms with van der Waals surface area (Å²) in [5.74, 6) is -0.0127. The fourth-order valence-electron chi connectivity index (χ4n) is 4.91. The molecule has 3 fully saturated rings. The molecule has 50 heavy (non-hydrogen) atoms. The maximum Gasteiger partial charge on any atom is 0.245 e. The summed E-state index contributed by atoms with van der Waals surface area (Å²) in [6, 6.07) is -1.42. The Labute approximate surface area is 321 Å². The molecule has 0 radical (unpaired) electrons. The predicted octanol–water partition coefficient (Wildman–Crippen LogP) is 9.24. The van der Waals surface area contributed by atoms with E-state index in [1.807, 2.05) is 85.8 Å². The van der Waals surface area contributed by atoms with E-state index in [0.717, 1.165) is 30.7 Å². The van der Waals surface area contributed by atoms with Gasteiger partial charge in [0.1, 0.15) is 18.2 Å². The number of hydrogen-bond donors (Lipinski definition) is 1. The molecule has 3 rings (SSSR count). The number of nitrogens with one attached hydrogen (secondary N) is 1. The largest absolute Gasteiger partial charge is 0.338 e. The molecule has 1 N–H and O–H groups in total. The molecule has 0 aromatic rings. The minimum atomic E-state index is -3.74. The molecule has 3 atom stereocenters. The van der Waals surface area contributed by atoms with Crippen molar-refractivity contribution in [2.75, 3.05) is 31.8 Å². The minimum absolute atomic E-state index is 0.0271. The number of allylic oxidation sites excluding steroid dienone is 8. The molecule has 1 saturated carbocycles. The highest BCUT2D eigenvalue weighted by Crippen LogP contribution is 2.31. The van der Waals surface area contributed by atoms with Crippen molar-refractivity contribution in [1.82, 2.24) is 19.4 Å². The second kappa shape index (κ2) is 30.7. The van der Waals surface area contributed by atoms with E-state index in [1.54, 1.807) is 24.0 Å². The van der Waals surface area contributed by atoms with Crippen LogP contribution in [0.1, 0.15) is 94.4 Å². The van der Waals surface area contributed by atoms with Gasteiger partial charge in [-0.25, -0.2) is 8.42 Å². The van der Waals surface area contributed by atoms with Gasteiger partial charge in [-0.2, -0.15) is 4.31 Å². The lowest BCUT2D eigenvalue weighted by molar-refractivity contribution is -0.153. The zero-order valence-corrected chi connectivity index (χ0v) is 35.5. The summed E-state index contributed by atoms with van der Waals surface area (Å²) < 4.78 is 28.3. The van der Waals surface area contributed by atoms with E-state index in [1.165, 1.54) is 15.6 Å². The van der Waals surface area contributed by atoms with E-state index < -0.39 is 28.3 Å². The van der Waals surface area contributed by atoms with E-state index in [2.05, 4.69) is 36.7 Å². The van der Waals surface area contributed by atoms with E-state index in [0.29, 0.717) is 30.5 Å². The first-order valence-electron chi connectivity index (χ1n) is 17.7. The first-order chi connectivity index (χ1) is 23.9. The molecule has 0 spiro atoms. The van der Waals surface area contributed by atoms with Gasteiger partial charge in [-0.3, -0.25) is 9.59 Å². The Bertz CT molecular complexity index is 1180. The van der Waals surface area contributed by atoms with Crippen molar-refractivity contribution in [2.45, 2.75) is 119 Å². The van der Waals surface area contributed by atoms with Gasteiger partial charge in [-0.05, 0) is 78.0 Å². The second-order valence-electron chi connectivity index (χ2n) is 11.1. The van der Waals surface area contributed by atoms with Crippen LogP contribution in [0.5, 0.6) is 0 Å². The maximum absolute atomic E-state index is 13.5. The Hall–Kier alpha value is -1.88. The Morgan fingerprint density at radius 2 is 1.54 bits per heavy atom. The first-order valence-corrected chi connectivity index (χ1v) is 20.8. The molecule has 3 aliphatic rings. The van der Waals surface area contributed by atoms with Crippen molar-refractivity contribution >= 4 is 56.6 Å². The van der Waals surface area contributed by atoms with Crippen LogP contribution < -0.4 is 5.32 Å². The summed E-state index contributed by atoms with van der Waals surface area (Å²) in [6.45, 7) is 28.2. The van der Waals surface area contributed by atoms with Crippen LogP contribution in [-0.4, -0.2) is 90.4 Å². The third-order valence-electron chi connectivity index (χ3n) is 7.42. The normalized spacial score (nSPS) is 21.2. The van der Waals surface area contributed by atoms with Crippen LogP contribution >= 0.6 is 34.8 Å². The first kappa shape index (κ1) is 52.5. The van der Waals surface area contributed by atoms with Gasteiger partial charge in [-0.1, -0.05) is 88.2 Å². The molecule has 0 aromatic carbocycles. The average molecular weight is 782 g/mol. The second-order valence-corrected chi connectivity index (χ2v) is 13.9. The maximum atomic E-state index is 13.5. The molecule has 0 aromatic heterocycles. The Balaban J connectivity index is -0.00000110. The van der Waals surface area contributed by atoms with Crippen molar-refractivity contribution in [3.05, 3.63) is 72.3 Å². The van der Waals surface area contributed by atoms with E-state index in [-0.39, 0.29) is 30.2 Å². The summed E-state index contributed by atoms with van der Waals surface area (Å²) in [7, 11) is -3.74. The summed E-state index contributed by atoms with van der Waals surface area (Å²) >= 11 is 16.4. The van der Waals surface area contributed by atoms with Crippen molar-refractivity contribution in [2.24, 2.45) is 5.92 Å². The molecular weight excluding hydrogens is 715 g/mol. The number of rotatable bonds is 12. The lowest BCUT2D eigenvalue weighted by Gasteiger charge is -2.46. The van der Waals surface area contributed by atoms with E-state index in [9.17, 15) is 18.0 Å². The van der Waals surface area contributed by atoms with Crippen molar-refractivity contribution in [1.29, 1.82) is 0 Å². The van der Waals surface area contributed by atoms with E-state index >= 15 is 0 Å². The number of amides is 2. The van der Waals surface area contributed by atoms with Crippen molar-refractivity contribution < 1.29 is 18.0 Å². The molecule has 8 nitrogen and oxygen atoms in total. The van der Waals surface area contributed by atoms with Gasteiger partial charge in [-0.15, -0.1) is 31.3 Å². The van der Waals surface area contributed by atoms with Crippen LogP contribution in [0.3, 0.4) is 0 Å². The summed E-state index contributed by atoms with van der Waals surface area (Å²) in [6.07, 6.45) is 17.5. The average Bonchev–Trinajstić information content (AvgIpc) is 3.97. The number of fused-ring (bicyclic) bond motifs is 1. The molecule has 0 bridgehead atoms. The van der Waals surface area contributed by atoms with Gasteiger partial charge in [0.05, 0.1) is 5.75 Å². The molecule has 1 aliphatic carbocycles. The number of alkyl halides is 1. The van der Waals surface area contributed by atoms with Crippen LogP contribution in [0.25, 0.3) is 0 Å². The zero-order chi connectivity index (χ0) is 39.4. The van der Waals surface area contributed by atoms with E-state index in [4.69, 9.17) is 23.2 Å². The van der Waals surface area contributed by atoms with Crippen molar-refractivity contribution in [3.63, 3.8) is 0 Å². The molecular formula is C38H67Cl3N4O4S. The number of carbonyl (C=O) groups excluding carboxylic acids is 2. The molecule has 2 heterocycles. The summed E-state index contributed by atoms with van der Waals surface area (Å²) in [4.78, 5) is 29.8. The third kappa shape index (κ3) is 19.1. The SMILES string of the molecule is C=C.C=CCC=C/C(Cl)=C\C.CC.CC.CC/C=C(Cl)\C=C/CS(=O)(=O)N1CC(NCC2CC2)C(=O)N2C(C)C(=O)N(C(C)C)CCC21.CCl. The Kier molecular flexibility index (Phi) is 32.2. The number of nitrogens with zero attached hydrogens (tertiary/aromatic N) is 3. The monoisotopic (exact) mass is 780 g/mol.